The van der Waals surface area contributed by atoms with Crippen LogP contribution in [-0.2, 0) is 42.1 Å². The zero-order chi connectivity index (χ0) is 47.1. The molecule has 9 atom stereocenters. The van der Waals surface area contributed by atoms with Crippen molar-refractivity contribution < 1.29 is 42.1 Å². The normalized spacial score (nSPS) is 28.1. The minimum Gasteiger partial charge on any atom is -0.465 e. The zero-order valence-corrected chi connectivity index (χ0v) is 43.2. The smallest absolute Gasteiger partial charge is 0.311 e. The first-order chi connectivity index (χ1) is 31.2. The number of fused-ring (bicyclic) bond motifs is 2. The third kappa shape index (κ3) is 9.71. The van der Waals surface area contributed by atoms with Crippen molar-refractivity contribution in [3.8, 4) is 0 Å². The van der Waals surface area contributed by atoms with E-state index in [4.69, 9.17) is 37.3 Å². The largest absolute Gasteiger partial charge is 0.465 e. The Bertz CT molecular complexity index is 2120. The average Bonchev–Trinajstić information content (AvgIpc) is 3.80. The van der Waals surface area contributed by atoms with Crippen molar-refractivity contribution in [2.75, 3.05) is 13.2 Å². The second kappa shape index (κ2) is 19.1. The molecule has 0 radical (unpaired) electrons. The summed E-state index contributed by atoms with van der Waals surface area (Å²) < 4.78 is 57.3. The van der Waals surface area contributed by atoms with E-state index in [9.17, 15) is 4.79 Å². The average molecular weight is 935 g/mol. The minimum absolute atomic E-state index is 0.169. The summed E-state index contributed by atoms with van der Waals surface area (Å²) in [6, 6.07) is 43.2. The SMILES string of the molecule is CC1(C)OC[C@@H](C[C@H]2O[C@H]3[C@@H](O[Si](c4ccccc4)(c4ccccc4)C(C)(C)C)[C@H]4O[C@@H](CCOC(=O)C(C)(C)C)CC[C@@H]4O[C@H]3[C@H]2O[Si](c2ccccc2)(c2ccccc2)C(C)(C)C)O1. The molecule has 4 aliphatic heterocycles. The summed E-state index contributed by atoms with van der Waals surface area (Å²) in [5.74, 6) is -0.931. The Hall–Kier alpha value is -3.50. The van der Waals surface area contributed by atoms with Crippen LogP contribution in [-0.4, -0.2) is 96.5 Å². The molecule has 8 rings (SSSR count). The van der Waals surface area contributed by atoms with Gasteiger partial charge < -0.3 is 37.3 Å². The number of ether oxygens (including phenoxy) is 6. The first-order valence-corrected chi connectivity index (χ1v) is 28.1. The molecule has 0 unspecified atom stereocenters. The number of hydrogen-bond acceptors (Lipinski definition) is 9. The van der Waals surface area contributed by atoms with Gasteiger partial charge in [0.05, 0.1) is 43.0 Å². The second-order valence-corrected chi connectivity index (χ2v) is 30.9. The van der Waals surface area contributed by atoms with Gasteiger partial charge in [-0.2, -0.15) is 0 Å². The number of rotatable bonds is 13. The summed E-state index contributed by atoms with van der Waals surface area (Å²) in [5, 5.41) is 4.12. The predicted octanol–water partition coefficient (Wildman–Crippen LogP) is 8.48. The first kappa shape index (κ1) is 48.9. The summed E-state index contributed by atoms with van der Waals surface area (Å²) in [6.07, 6.45) is -1.07. The molecule has 0 N–H and O–H groups in total. The molecule has 0 spiro atoms. The van der Waals surface area contributed by atoms with E-state index in [0.717, 1.165) is 12.8 Å². The monoisotopic (exact) mass is 934 g/mol. The van der Waals surface area contributed by atoms with Gasteiger partial charge in [-0.25, -0.2) is 0 Å². The van der Waals surface area contributed by atoms with Gasteiger partial charge in [0.15, 0.2) is 5.79 Å². The van der Waals surface area contributed by atoms with Crippen molar-refractivity contribution in [2.24, 2.45) is 5.41 Å². The molecule has 4 aromatic rings. The van der Waals surface area contributed by atoms with Gasteiger partial charge in [0.25, 0.3) is 16.6 Å². The highest BCUT2D eigenvalue weighted by atomic mass is 28.4. The number of carbonyl (C=O) groups is 1. The van der Waals surface area contributed by atoms with Crippen LogP contribution in [0.5, 0.6) is 0 Å². The Morgan fingerprint density at radius 1 is 0.591 bits per heavy atom. The Balaban J connectivity index is 1.27. The van der Waals surface area contributed by atoms with Crippen LogP contribution >= 0.6 is 0 Å². The molecule has 4 aromatic carbocycles. The summed E-state index contributed by atoms with van der Waals surface area (Å²) in [4.78, 5) is 12.9. The maximum Gasteiger partial charge on any atom is 0.311 e. The van der Waals surface area contributed by atoms with Gasteiger partial charge in [-0.3, -0.25) is 4.79 Å². The van der Waals surface area contributed by atoms with E-state index >= 15 is 0 Å². The molecule has 0 aliphatic carbocycles. The topological polar surface area (TPSA) is 90.9 Å². The third-order valence-electron chi connectivity index (χ3n) is 14.1. The van der Waals surface area contributed by atoms with Gasteiger partial charge in [0, 0.05) is 12.8 Å². The number of carbonyl (C=O) groups excluding carboxylic acids is 1. The van der Waals surface area contributed by atoms with Gasteiger partial charge >= 0.3 is 5.97 Å². The Labute approximate surface area is 396 Å². The highest BCUT2D eigenvalue weighted by molar-refractivity contribution is 7.00. The van der Waals surface area contributed by atoms with Gasteiger partial charge in [-0.1, -0.05) is 163 Å². The quantitative estimate of drug-likeness (QED) is 0.0968. The van der Waals surface area contributed by atoms with Crippen molar-refractivity contribution in [1.29, 1.82) is 0 Å². The van der Waals surface area contributed by atoms with Crippen LogP contribution in [0.1, 0.15) is 102 Å². The van der Waals surface area contributed by atoms with E-state index in [1.165, 1.54) is 20.7 Å². The van der Waals surface area contributed by atoms with Crippen LogP contribution in [0.15, 0.2) is 121 Å². The predicted molar refractivity (Wildman–Crippen MR) is 265 cm³/mol. The zero-order valence-electron chi connectivity index (χ0n) is 41.2. The van der Waals surface area contributed by atoms with E-state index in [1.54, 1.807) is 0 Å². The van der Waals surface area contributed by atoms with E-state index in [-0.39, 0.29) is 41.0 Å². The number of hydrogen-bond donors (Lipinski definition) is 0. The molecular weight excluding hydrogens is 861 g/mol. The summed E-state index contributed by atoms with van der Waals surface area (Å²) >= 11 is 0. The molecule has 0 bridgehead atoms. The fraction of sp³-hybridized carbons (Fsp3) is 0.545. The molecular formula is C55H74O9Si2. The lowest BCUT2D eigenvalue weighted by Crippen LogP contribution is -2.73. The van der Waals surface area contributed by atoms with Crippen molar-refractivity contribution in [1.82, 2.24) is 0 Å². The van der Waals surface area contributed by atoms with E-state index < -0.39 is 64.5 Å². The van der Waals surface area contributed by atoms with Gasteiger partial charge in [-0.15, -0.1) is 0 Å². The van der Waals surface area contributed by atoms with Gasteiger partial charge in [-0.05, 0) is 78.3 Å². The molecule has 356 valence electrons. The van der Waals surface area contributed by atoms with Crippen LogP contribution in [0.3, 0.4) is 0 Å². The van der Waals surface area contributed by atoms with Crippen LogP contribution < -0.4 is 20.7 Å². The van der Waals surface area contributed by atoms with Gasteiger partial charge in [0.2, 0.25) is 0 Å². The maximum atomic E-state index is 12.9. The van der Waals surface area contributed by atoms with E-state index in [1.807, 2.05) is 34.6 Å². The van der Waals surface area contributed by atoms with E-state index in [2.05, 4.69) is 163 Å². The second-order valence-electron chi connectivity index (χ2n) is 22.4. The molecule has 4 saturated heterocycles. The van der Waals surface area contributed by atoms with Crippen LogP contribution in [0.2, 0.25) is 10.1 Å². The highest BCUT2D eigenvalue weighted by Crippen LogP contribution is 2.49. The Morgan fingerprint density at radius 2 is 1.05 bits per heavy atom. The minimum atomic E-state index is -3.20. The Kier molecular flexibility index (Phi) is 14.2. The van der Waals surface area contributed by atoms with Crippen LogP contribution in [0, 0.1) is 5.41 Å². The number of benzene rings is 4. The highest BCUT2D eigenvalue weighted by Gasteiger charge is 2.65. The Morgan fingerprint density at radius 3 is 1.47 bits per heavy atom. The van der Waals surface area contributed by atoms with Crippen molar-refractivity contribution in [3.63, 3.8) is 0 Å². The standard InChI is InChI=1S/C55H74O9Si2/c1-52(2,3)51(56)57-35-34-38-32-33-44-46(59-38)50(64-66(54(7,8)9,42-28-20-14-21-29-42)43-30-22-15-23-31-43)49-48(60-44)47(45(61-49)36-39-37-58-55(10,11)62-39)63-65(53(4,5)6,40-24-16-12-17-25-40)41-26-18-13-19-27-41/h12-31,38-39,44-50H,32-37H2,1-11H3/t38-,39-,44+,45-,46+,47+,48+,49-,50+/m1/s1. The molecule has 0 aromatic heterocycles. The lowest BCUT2D eigenvalue weighted by Gasteiger charge is -2.53. The fourth-order valence-corrected chi connectivity index (χ4v) is 20.4. The molecule has 0 amide bonds. The summed E-state index contributed by atoms with van der Waals surface area (Å²) in [5.41, 5.74) is -0.589. The molecule has 4 aliphatic rings. The fourth-order valence-electron chi connectivity index (χ4n) is 11.0. The molecule has 66 heavy (non-hydrogen) atoms. The molecule has 9 nitrogen and oxygen atoms in total. The summed E-state index contributed by atoms with van der Waals surface area (Å²) in [7, 11) is -6.35. The molecule has 11 heteroatoms. The number of esters is 1. The van der Waals surface area contributed by atoms with Crippen LogP contribution in [0.4, 0.5) is 0 Å². The first-order valence-electron chi connectivity index (χ1n) is 24.3. The maximum absolute atomic E-state index is 12.9. The van der Waals surface area contributed by atoms with Crippen molar-refractivity contribution >= 4 is 43.4 Å². The summed E-state index contributed by atoms with van der Waals surface area (Å²) in [6.45, 7) is 24.2. The van der Waals surface area contributed by atoms with E-state index in [0.29, 0.717) is 19.4 Å². The van der Waals surface area contributed by atoms with Crippen molar-refractivity contribution in [2.45, 2.75) is 173 Å². The molecule has 4 heterocycles. The molecule has 0 saturated carbocycles. The lowest BCUT2D eigenvalue weighted by atomic mass is 9.88. The molecule has 4 fully saturated rings. The van der Waals surface area contributed by atoms with Crippen LogP contribution in [0.25, 0.3) is 0 Å². The third-order valence-corrected chi connectivity index (χ3v) is 24.2. The van der Waals surface area contributed by atoms with Crippen molar-refractivity contribution in [3.05, 3.63) is 121 Å². The van der Waals surface area contributed by atoms with Gasteiger partial charge in [0.1, 0.15) is 30.5 Å². The lowest BCUT2D eigenvalue weighted by molar-refractivity contribution is -0.256.